The van der Waals surface area contributed by atoms with E-state index in [1.165, 1.54) is 46.9 Å². The molecule has 2 fully saturated rings. The number of allylic oxidation sites excluding steroid dienone is 1. The molecule has 0 amide bonds. The summed E-state index contributed by atoms with van der Waals surface area (Å²) in [7, 11) is 0. The van der Waals surface area contributed by atoms with Crippen LogP contribution in [0, 0.1) is 45.3 Å². The summed E-state index contributed by atoms with van der Waals surface area (Å²) in [5, 5.41) is 38.7. The van der Waals surface area contributed by atoms with Crippen molar-refractivity contribution in [2.75, 3.05) is 0 Å². The van der Waals surface area contributed by atoms with Crippen LogP contribution in [0.25, 0.3) is 45.8 Å². The van der Waals surface area contributed by atoms with Gasteiger partial charge in [0.25, 0.3) is 0 Å². The first-order valence-electron chi connectivity index (χ1n) is 20.8. The van der Waals surface area contributed by atoms with Gasteiger partial charge in [0.2, 0.25) is 10.9 Å². The molecule has 5 aliphatic rings. The summed E-state index contributed by atoms with van der Waals surface area (Å²) in [5.41, 5.74) is 0.0879. The highest BCUT2D eigenvalue weighted by atomic mass is 32.1. The average molecular weight is 910 g/mol. The van der Waals surface area contributed by atoms with E-state index < -0.39 is 33.6 Å². The number of Topliss-reactive ketones (excluding diaryl/α,β-unsaturated/α-hetero) is 2. The van der Waals surface area contributed by atoms with Crippen LogP contribution in [-0.4, -0.2) is 11.6 Å². The smallest absolute Gasteiger partial charge is 0.216 e. The fourth-order valence-corrected chi connectivity index (χ4v) is 15.6. The summed E-state index contributed by atoms with van der Waals surface area (Å²) >= 11 is 6.17. The molecule has 15 heteroatoms. The van der Waals surface area contributed by atoms with Crippen molar-refractivity contribution in [2.24, 2.45) is 4.99 Å². The predicted octanol–water partition coefficient (Wildman–Crippen LogP) is 10.5. The number of thiophene rings is 4. The molecule has 11 nitrogen and oxygen atoms in total. The summed E-state index contributed by atoms with van der Waals surface area (Å²) in [6, 6.07) is 17.1. The number of nitriles is 4. The SMILES string of the molecule is N#Cc1cc2c(cc1C#N)C(=O)C(=Cc1cc3c(s1)-c1sc4c5c(sc4c1OC31CCCCC1)-c1sc(N=c3c(=O)c4cc(C#N)c(C#N)cc4c3=O)cc1C1(CCCCC1)O5)C2=O. The fourth-order valence-electron chi connectivity index (χ4n) is 10.4. The Balaban J connectivity index is 0.999. The fraction of sp³-hybridized carbons (Fsp3) is 0.245. The minimum Gasteiger partial charge on any atom is -0.479 e. The minimum atomic E-state index is -0.636. The Morgan fingerprint density at radius 3 is 1.48 bits per heavy atom. The summed E-state index contributed by atoms with van der Waals surface area (Å²) in [4.78, 5) is 64.0. The monoisotopic (exact) mass is 909 g/mol. The van der Waals surface area contributed by atoms with Gasteiger partial charge in [-0.3, -0.25) is 19.2 Å². The van der Waals surface area contributed by atoms with Crippen LogP contribution in [0.2, 0.25) is 0 Å². The molecule has 0 unspecified atom stereocenters. The van der Waals surface area contributed by atoms with Crippen molar-refractivity contribution in [3.05, 3.63) is 117 Å². The lowest BCUT2D eigenvalue weighted by molar-refractivity contribution is 0.0258. The summed E-state index contributed by atoms with van der Waals surface area (Å²) in [6.07, 6.45) is 10.9. The van der Waals surface area contributed by atoms with Crippen molar-refractivity contribution in [1.29, 1.82) is 21.0 Å². The van der Waals surface area contributed by atoms with Crippen molar-refractivity contribution in [2.45, 2.75) is 75.4 Å². The third kappa shape index (κ3) is 5.27. The van der Waals surface area contributed by atoms with E-state index in [1.54, 1.807) is 28.7 Å². The van der Waals surface area contributed by atoms with Crippen LogP contribution in [-0.2, 0) is 11.2 Å². The van der Waals surface area contributed by atoms with E-state index in [0.29, 0.717) is 5.00 Å². The van der Waals surface area contributed by atoms with Gasteiger partial charge in [-0.25, -0.2) is 4.99 Å². The van der Waals surface area contributed by atoms with E-state index in [2.05, 4.69) is 6.07 Å². The van der Waals surface area contributed by atoms with E-state index in [9.17, 15) is 40.2 Å². The van der Waals surface area contributed by atoms with Crippen LogP contribution in [0.5, 0.6) is 11.5 Å². The van der Waals surface area contributed by atoms with Gasteiger partial charge in [-0.2, -0.15) is 21.0 Å². The molecule has 3 aromatic carbocycles. The highest BCUT2D eigenvalue weighted by molar-refractivity contribution is 7.35. The van der Waals surface area contributed by atoms with Crippen LogP contribution in [0.4, 0.5) is 5.00 Å². The molecular weight excluding hydrogens is 883 g/mol. The van der Waals surface area contributed by atoms with E-state index in [1.807, 2.05) is 30.3 Å². The number of ether oxygens (including phenoxy) is 2. The normalized spacial score (nSPS) is 17.3. The Bertz CT molecular complexity index is 3610. The largest absolute Gasteiger partial charge is 0.479 e. The van der Waals surface area contributed by atoms with E-state index in [-0.39, 0.29) is 55.1 Å². The molecule has 4 aromatic heterocycles. The number of ketones is 2. The van der Waals surface area contributed by atoms with Crippen LogP contribution >= 0.6 is 45.3 Å². The molecule has 2 aliphatic heterocycles. The number of carbonyl (C=O) groups is 2. The maximum atomic E-state index is 13.7. The third-order valence-electron chi connectivity index (χ3n) is 13.4. The molecule has 64 heavy (non-hydrogen) atoms. The second kappa shape index (κ2) is 13.8. The molecule has 2 saturated carbocycles. The molecule has 0 N–H and O–H groups in total. The maximum absolute atomic E-state index is 13.7. The average Bonchev–Trinajstić information content (AvgIpc) is 4.17. The first kappa shape index (κ1) is 38.8. The van der Waals surface area contributed by atoms with Crippen molar-refractivity contribution in [1.82, 2.24) is 0 Å². The molecule has 2 spiro atoms. The number of hydrogen-bond acceptors (Lipinski definition) is 15. The molecule has 0 radical (unpaired) electrons. The molecule has 6 heterocycles. The molecule has 7 aromatic rings. The number of carbonyl (C=O) groups excluding carboxylic acids is 2. The molecule has 0 saturated heterocycles. The van der Waals surface area contributed by atoms with Crippen LogP contribution in [0.3, 0.4) is 0 Å². The highest BCUT2D eigenvalue weighted by Gasteiger charge is 2.49. The zero-order valence-electron chi connectivity index (χ0n) is 33.4. The second-order valence-corrected chi connectivity index (χ2v) is 21.0. The molecule has 3 aliphatic carbocycles. The number of fused-ring (bicyclic) bond motifs is 13. The molecule has 0 bridgehead atoms. The van der Waals surface area contributed by atoms with Gasteiger partial charge in [0.1, 0.15) is 40.5 Å². The molecule has 0 atom stereocenters. The van der Waals surface area contributed by atoms with E-state index >= 15 is 0 Å². The Labute approximate surface area is 378 Å². The first-order chi connectivity index (χ1) is 31.1. The standard InChI is InChI=1S/C49H27N5O6S4/c50-18-22-11-27-28(12-23(22)19-51)37(56)31(36(27)55)15-26-16-32-42(61-26)44-40(59-48(32)7-3-1-4-8-48)46-47(63-44)41-45(64-46)43-33(49(60-41)9-5-2-6-10-49)17-34(62-43)54-35-38(57)29-13-24(20-52)25(21-53)14-30(29)39(35)58/h11-17H,1-10H2. The number of benzene rings is 2. The lowest BCUT2D eigenvalue weighted by Gasteiger charge is -2.41. The lowest BCUT2D eigenvalue weighted by atomic mass is 9.78. The lowest BCUT2D eigenvalue weighted by Crippen LogP contribution is -2.37. The highest BCUT2D eigenvalue weighted by Crippen LogP contribution is 2.66. The van der Waals surface area contributed by atoms with Gasteiger partial charge in [0, 0.05) is 37.9 Å². The zero-order chi connectivity index (χ0) is 43.8. The second-order valence-electron chi connectivity index (χ2n) is 16.9. The first-order valence-corrected chi connectivity index (χ1v) is 24.1. The van der Waals surface area contributed by atoms with E-state index in [0.717, 1.165) is 121 Å². The Kier molecular flexibility index (Phi) is 8.38. The van der Waals surface area contributed by atoms with Gasteiger partial charge < -0.3 is 9.47 Å². The van der Waals surface area contributed by atoms with Gasteiger partial charge in [0.15, 0.2) is 28.4 Å². The number of hydrogen-bond donors (Lipinski definition) is 0. The van der Waals surface area contributed by atoms with Crippen LogP contribution < -0.4 is 25.7 Å². The van der Waals surface area contributed by atoms with Crippen molar-refractivity contribution in [3.63, 3.8) is 0 Å². The topological polar surface area (TPSA) is 194 Å². The minimum absolute atomic E-state index is 0.00236. The maximum Gasteiger partial charge on any atom is 0.216 e. The molecular formula is C49H27N5O6S4. The van der Waals surface area contributed by atoms with Gasteiger partial charge in [0.05, 0.1) is 56.7 Å². The Morgan fingerprint density at radius 2 is 1.00 bits per heavy atom. The summed E-state index contributed by atoms with van der Waals surface area (Å²) < 4.78 is 16.5. The van der Waals surface area contributed by atoms with Crippen molar-refractivity contribution >= 4 is 88.2 Å². The zero-order valence-corrected chi connectivity index (χ0v) is 36.7. The predicted molar refractivity (Wildman–Crippen MR) is 243 cm³/mol. The van der Waals surface area contributed by atoms with Crippen molar-refractivity contribution < 1.29 is 19.1 Å². The molecule has 12 rings (SSSR count). The van der Waals surface area contributed by atoms with Gasteiger partial charge >= 0.3 is 0 Å². The molecule has 308 valence electrons. The van der Waals surface area contributed by atoms with Gasteiger partial charge in [-0.15, -0.1) is 45.3 Å². The van der Waals surface area contributed by atoms with E-state index in [4.69, 9.17) is 14.5 Å². The van der Waals surface area contributed by atoms with Crippen molar-refractivity contribution in [3.8, 4) is 55.3 Å². The van der Waals surface area contributed by atoms with Gasteiger partial charge in [-0.05, 0) is 93.8 Å². The van der Waals surface area contributed by atoms with Crippen LogP contribution in [0.1, 0.15) is 123 Å². The summed E-state index contributed by atoms with van der Waals surface area (Å²) in [6.45, 7) is 0. The Hall–Kier alpha value is -6.85. The van der Waals surface area contributed by atoms with Gasteiger partial charge in [-0.1, -0.05) is 12.8 Å². The number of rotatable bonds is 2. The Morgan fingerprint density at radius 1 is 0.547 bits per heavy atom. The summed E-state index contributed by atoms with van der Waals surface area (Å²) in [5.74, 6) is 0.660. The quantitative estimate of drug-likeness (QED) is 0.119. The van der Waals surface area contributed by atoms with Crippen LogP contribution in [0.15, 0.2) is 56.6 Å². The number of nitrogens with zero attached hydrogens (tertiary/aromatic N) is 5. The third-order valence-corrected chi connectivity index (χ3v) is 18.3.